The van der Waals surface area contributed by atoms with Crippen LogP contribution in [0.1, 0.15) is 88.2 Å². The van der Waals surface area contributed by atoms with Crippen LogP contribution in [0.4, 0.5) is 0 Å². The predicted molar refractivity (Wildman–Crippen MR) is 144 cm³/mol. The molecule has 1 saturated carbocycles. The second-order valence-corrected chi connectivity index (χ2v) is 12.1. The van der Waals surface area contributed by atoms with Gasteiger partial charge in [0.2, 0.25) is 5.91 Å². The molecule has 5 aliphatic rings. The summed E-state index contributed by atoms with van der Waals surface area (Å²) in [6.45, 7) is 5.09. The van der Waals surface area contributed by atoms with Crippen LogP contribution in [0.5, 0.6) is 0 Å². The van der Waals surface area contributed by atoms with E-state index >= 15 is 0 Å². The van der Waals surface area contributed by atoms with Gasteiger partial charge in [-0.1, -0.05) is 43.5 Å². The number of carbonyl (C=O) groups is 2. The molecule has 4 heterocycles. The molecule has 0 aromatic heterocycles. The minimum atomic E-state index is -0.519. The molecule has 4 aliphatic heterocycles. The molecule has 0 radical (unpaired) electrons. The summed E-state index contributed by atoms with van der Waals surface area (Å²) < 4.78 is 6.32. The Balaban J connectivity index is 1.19. The van der Waals surface area contributed by atoms with Crippen molar-refractivity contribution in [3.05, 3.63) is 35.4 Å². The fraction of sp³-hybridized carbons (Fsp3) is 0.742. The first-order valence-electron chi connectivity index (χ1n) is 15.0. The van der Waals surface area contributed by atoms with Crippen molar-refractivity contribution >= 4 is 11.9 Å². The Morgan fingerprint density at radius 2 is 1.76 bits per heavy atom. The third-order valence-corrected chi connectivity index (χ3v) is 9.79. The summed E-state index contributed by atoms with van der Waals surface area (Å²) in [5.41, 5.74) is 1.82. The van der Waals surface area contributed by atoms with Gasteiger partial charge in [0, 0.05) is 32.7 Å². The van der Waals surface area contributed by atoms with Crippen LogP contribution in [0.2, 0.25) is 0 Å². The van der Waals surface area contributed by atoms with Crippen LogP contribution in [0.15, 0.2) is 24.3 Å². The fourth-order valence-corrected chi connectivity index (χ4v) is 7.34. The molecule has 4 saturated heterocycles. The number of hydrogen-bond acceptors (Lipinski definition) is 5. The monoisotopic (exact) mass is 510 g/mol. The van der Waals surface area contributed by atoms with Crippen LogP contribution in [-0.4, -0.2) is 72.2 Å². The van der Waals surface area contributed by atoms with Crippen LogP contribution in [0.3, 0.4) is 0 Å². The SMILES string of the molecule is O=C(CCCc1cccc(C2(C(=O)OC3CN4CCC3CC4)CCCCC2)c1)N1CCC(CCO)CC1. The molecular weight excluding hydrogens is 464 g/mol. The number of likely N-dealkylation sites (tertiary alicyclic amines) is 1. The molecule has 1 atom stereocenters. The van der Waals surface area contributed by atoms with Crippen LogP contribution in [-0.2, 0) is 26.2 Å². The van der Waals surface area contributed by atoms with E-state index in [0.29, 0.717) is 18.3 Å². The highest BCUT2D eigenvalue weighted by Gasteiger charge is 2.45. The van der Waals surface area contributed by atoms with Crippen LogP contribution in [0, 0.1) is 11.8 Å². The van der Waals surface area contributed by atoms with Gasteiger partial charge in [0.05, 0.1) is 5.41 Å². The van der Waals surface area contributed by atoms with Crippen molar-refractivity contribution in [2.75, 3.05) is 39.3 Å². The minimum Gasteiger partial charge on any atom is -0.460 e. The highest BCUT2D eigenvalue weighted by Crippen LogP contribution is 2.42. The maximum Gasteiger partial charge on any atom is 0.316 e. The van der Waals surface area contributed by atoms with Gasteiger partial charge < -0.3 is 14.7 Å². The molecule has 6 heteroatoms. The van der Waals surface area contributed by atoms with Gasteiger partial charge in [-0.25, -0.2) is 0 Å². The quantitative estimate of drug-likeness (QED) is 0.497. The number of benzene rings is 1. The molecule has 37 heavy (non-hydrogen) atoms. The van der Waals surface area contributed by atoms with E-state index in [2.05, 4.69) is 29.2 Å². The molecular formula is C31H46N2O4. The Kier molecular flexibility index (Phi) is 8.86. The van der Waals surface area contributed by atoms with Gasteiger partial charge in [-0.2, -0.15) is 0 Å². The Labute approximate surface area is 222 Å². The van der Waals surface area contributed by atoms with E-state index in [9.17, 15) is 9.59 Å². The van der Waals surface area contributed by atoms with Gasteiger partial charge in [-0.3, -0.25) is 14.5 Å². The zero-order valence-corrected chi connectivity index (χ0v) is 22.5. The topological polar surface area (TPSA) is 70.1 Å². The fourth-order valence-electron chi connectivity index (χ4n) is 7.34. The van der Waals surface area contributed by atoms with Crippen molar-refractivity contribution in [2.45, 2.75) is 95.0 Å². The molecule has 1 aliphatic carbocycles. The lowest BCUT2D eigenvalue weighted by atomic mass is 9.69. The third kappa shape index (κ3) is 6.22. The smallest absolute Gasteiger partial charge is 0.316 e. The molecule has 5 fully saturated rings. The van der Waals surface area contributed by atoms with Crippen LogP contribution < -0.4 is 0 Å². The highest BCUT2D eigenvalue weighted by molar-refractivity contribution is 5.83. The van der Waals surface area contributed by atoms with Gasteiger partial charge in [0.25, 0.3) is 0 Å². The Morgan fingerprint density at radius 1 is 1.00 bits per heavy atom. The number of amides is 1. The molecule has 204 valence electrons. The zero-order chi connectivity index (χ0) is 25.7. The Hall–Kier alpha value is -1.92. The van der Waals surface area contributed by atoms with Crippen molar-refractivity contribution in [3.8, 4) is 0 Å². The van der Waals surface area contributed by atoms with Crippen molar-refractivity contribution in [1.82, 2.24) is 9.80 Å². The summed E-state index contributed by atoms with van der Waals surface area (Å²) in [4.78, 5) is 31.0. The van der Waals surface area contributed by atoms with E-state index in [1.54, 1.807) is 0 Å². The Morgan fingerprint density at radius 3 is 2.43 bits per heavy atom. The van der Waals surface area contributed by atoms with E-state index in [1.807, 2.05) is 4.90 Å². The summed E-state index contributed by atoms with van der Waals surface area (Å²) in [6, 6.07) is 8.60. The lowest BCUT2D eigenvalue weighted by Gasteiger charge is -2.45. The number of hydrogen-bond donors (Lipinski definition) is 1. The Bertz CT molecular complexity index is 912. The maximum atomic E-state index is 13.8. The van der Waals surface area contributed by atoms with Gasteiger partial charge in [0.15, 0.2) is 0 Å². The number of carbonyl (C=O) groups excluding carboxylic acids is 2. The number of fused-ring (bicyclic) bond motifs is 3. The van der Waals surface area contributed by atoms with Crippen molar-refractivity contribution in [3.63, 3.8) is 0 Å². The van der Waals surface area contributed by atoms with E-state index in [4.69, 9.17) is 9.84 Å². The van der Waals surface area contributed by atoms with E-state index in [1.165, 1.54) is 12.0 Å². The lowest BCUT2D eigenvalue weighted by Crippen LogP contribution is -2.53. The summed E-state index contributed by atoms with van der Waals surface area (Å²) in [5, 5.41) is 9.16. The van der Waals surface area contributed by atoms with E-state index in [0.717, 1.165) is 109 Å². The molecule has 2 bridgehead atoms. The van der Waals surface area contributed by atoms with Crippen molar-refractivity contribution < 1.29 is 19.4 Å². The highest BCUT2D eigenvalue weighted by atomic mass is 16.5. The average molecular weight is 511 g/mol. The largest absolute Gasteiger partial charge is 0.460 e. The van der Waals surface area contributed by atoms with E-state index in [-0.39, 0.29) is 24.6 Å². The number of aliphatic hydroxyl groups excluding tert-OH is 1. The zero-order valence-electron chi connectivity index (χ0n) is 22.5. The van der Waals surface area contributed by atoms with E-state index < -0.39 is 5.41 Å². The molecule has 1 aromatic rings. The number of esters is 1. The number of piperidine rings is 4. The standard InChI is InChI=1S/C31H46N2O4/c34-21-14-24-10-19-33(20-11-24)29(35)9-5-7-25-6-4-8-27(22-25)31(15-2-1-3-16-31)30(36)37-28-23-32-17-12-26(28)13-18-32/h4,6,8,22,24,26,28,34H,1-3,5,7,9-21,23H2. The van der Waals surface area contributed by atoms with Gasteiger partial charge in [-0.15, -0.1) is 0 Å². The van der Waals surface area contributed by atoms with Gasteiger partial charge in [0.1, 0.15) is 6.10 Å². The average Bonchev–Trinajstić information content (AvgIpc) is 2.95. The van der Waals surface area contributed by atoms with Crippen molar-refractivity contribution in [2.24, 2.45) is 11.8 Å². The molecule has 1 unspecified atom stereocenters. The number of rotatable bonds is 9. The molecule has 0 spiro atoms. The second-order valence-electron chi connectivity index (χ2n) is 12.1. The lowest BCUT2D eigenvalue weighted by molar-refractivity contribution is -0.167. The second kappa shape index (κ2) is 12.3. The van der Waals surface area contributed by atoms with Gasteiger partial charge >= 0.3 is 5.97 Å². The number of ether oxygens (including phenoxy) is 1. The summed E-state index contributed by atoms with van der Waals surface area (Å²) in [5.74, 6) is 1.34. The molecule has 1 aromatic carbocycles. The molecule has 6 nitrogen and oxygen atoms in total. The number of aryl methyl sites for hydroxylation is 1. The predicted octanol–water partition coefficient (Wildman–Crippen LogP) is 4.47. The summed E-state index contributed by atoms with van der Waals surface area (Å²) >= 11 is 0. The normalized spacial score (nSPS) is 27.7. The molecule has 1 amide bonds. The first-order valence-corrected chi connectivity index (χ1v) is 15.0. The number of aliphatic hydroxyl groups is 1. The summed E-state index contributed by atoms with van der Waals surface area (Å²) in [6.07, 6.45) is 12.6. The molecule has 1 N–H and O–H groups in total. The summed E-state index contributed by atoms with van der Waals surface area (Å²) in [7, 11) is 0. The third-order valence-electron chi connectivity index (χ3n) is 9.79. The minimum absolute atomic E-state index is 0.00267. The van der Waals surface area contributed by atoms with Crippen LogP contribution in [0.25, 0.3) is 0 Å². The molecule has 6 rings (SSSR count). The van der Waals surface area contributed by atoms with Crippen molar-refractivity contribution in [1.29, 1.82) is 0 Å². The van der Waals surface area contributed by atoms with Gasteiger partial charge in [-0.05, 0) is 93.8 Å². The first kappa shape index (κ1) is 26.7. The maximum absolute atomic E-state index is 13.8. The number of nitrogens with zero attached hydrogens (tertiary/aromatic N) is 2. The van der Waals surface area contributed by atoms with Crippen LogP contribution >= 0.6 is 0 Å². The first-order chi connectivity index (χ1) is 18.1.